The molecule has 2 atom stereocenters. The van der Waals surface area contributed by atoms with E-state index in [1.807, 2.05) is 30.5 Å². The van der Waals surface area contributed by atoms with Gasteiger partial charge in [0.2, 0.25) is 12.2 Å². The van der Waals surface area contributed by atoms with Crippen molar-refractivity contribution in [3.8, 4) is 0 Å². The van der Waals surface area contributed by atoms with Crippen LogP contribution in [-0.2, 0) is 10.3 Å². The lowest BCUT2D eigenvalue weighted by Gasteiger charge is -2.60. The molecule has 4 aliphatic rings. The van der Waals surface area contributed by atoms with Gasteiger partial charge < -0.3 is 15.4 Å². The van der Waals surface area contributed by atoms with Crippen LogP contribution in [-0.4, -0.2) is 31.9 Å². The van der Waals surface area contributed by atoms with Gasteiger partial charge in [-0.25, -0.2) is 0 Å². The third-order valence-electron chi connectivity index (χ3n) is 7.00. The van der Waals surface area contributed by atoms with Gasteiger partial charge in [0, 0.05) is 9.99 Å². The van der Waals surface area contributed by atoms with Gasteiger partial charge in [0.15, 0.2) is 0 Å². The molecule has 1 amide bonds. The normalized spacial score (nSPS) is 32.3. The predicted molar refractivity (Wildman–Crippen MR) is 109 cm³/mol. The van der Waals surface area contributed by atoms with Gasteiger partial charge in [0.1, 0.15) is 0 Å². The molecule has 4 bridgehead atoms. The first kappa shape index (κ1) is 18.6. The number of thioether (sulfide) groups is 1. The van der Waals surface area contributed by atoms with Crippen LogP contribution in [0.15, 0.2) is 35.5 Å². The lowest BCUT2D eigenvalue weighted by molar-refractivity contribution is -0.394. The molecule has 4 saturated carbocycles. The average Bonchev–Trinajstić information content (AvgIpc) is 3.19. The average molecular weight is 414 g/mol. The monoisotopic (exact) mass is 413 g/mol. The molecule has 4 fully saturated rings. The summed E-state index contributed by atoms with van der Waals surface area (Å²) in [6, 6.07) is 7.86. The molecule has 152 valence electrons. The number of hydrogen-bond acceptors (Lipinski definition) is 6. The third-order valence-corrected chi connectivity index (χ3v) is 7.79. The number of anilines is 1. The Hall–Kier alpha value is -2.42. The topological polar surface area (TPSA) is 103 Å². The summed E-state index contributed by atoms with van der Waals surface area (Å²) in [5, 5.41) is 18.4. The molecule has 0 spiro atoms. The van der Waals surface area contributed by atoms with E-state index < -0.39 is 10.3 Å². The van der Waals surface area contributed by atoms with Crippen LogP contribution in [0.1, 0.15) is 38.5 Å². The van der Waals surface area contributed by atoms with Crippen molar-refractivity contribution in [3.63, 3.8) is 0 Å². The minimum Gasteiger partial charge on any atom is -0.390 e. The third kappa shape index (κ3) is 2.94. The molecule has 1 aromatic heterocycles. The first-order valence-electron chi connectivity index (χ1n) is 9.94. The minimum absolute atomic E-state index is 0.0760. The number of aromatic nitrogens is 3. The van der Waals surface area contributed by atoms with Crippen molar-refractivity contribution in [2.75, 3.05) is 11.6 Å². The van der Waals surface area contributed by atoms with Gasteiger partial charge in [-0.3, -0.25) is 4.79 Å². The molecule has 1 heterocycles. The van der Waals surface area contributed by atoms with E-state index in [0.717, 1.165) is 42.7 Å². The Morgan fingerprint density at radius 2 is 2.00 bits per heavy atom. The van der Waals surface area contributed by atoms with E-state index in [2.05, 4.69) is 15.4 Å². The summed E-state index contributed by atoms with van der Waals surface area (Å²) in [5.74, 6) is 0.599. The zero-order valence-corrected chi connectivity index (χ0v) is 17.0. The van der Waals surface area contributed by atoms with E-state index in [9.17, 15) is 14.9 Å². The number of hydrogen-bond donors (Lipinski definition) is 1. The number of nitrogens with one attached hydrogen (secondary N) is 1. The Kier molecular flexibility index (Phi) is 4.20. The van der Waals surface area contributed by atoms with Crippen LogP contribution in [0.25, 0.3) is 0 Å². The summed E-state index contributed by atoms with van der Waals surface area (Å²) < 4.78 is 1.69. The molecule has 8 nitrogen and oxygen atoms in total. The maximum atomic E-state index is 13.5. The van der Waals surface area contributed by atoms with Gasteiger partial charge in [-0.1, -0.05) is 17.1 Å². The van der Waals surface area contributed by atoms with E-state index in [0.29, 0.717) is 18.3 Å². The lowest BCUT2D eigenvalue weighted by Crippen LogP contribution is -2.60. The Morgan fingerprint density at radius 1 is 1.28 bits per heavy atom. The Labute approximate surface area is 172 Å². The Balaban J connectivity index is 1.47. The highest BCUT2D eigenvalue weighted by molar-refractivity contribution is 7.98. The SMILES string of the molecule is CSc1ccccc1NC(=O)C12C[C@H]3C[C@H](C1)CC(n1cnc([N+](=O)[O-])n1)(C3)C2. The van der Waals surface area contributed by atoms with Crippen molar-refractivity contribution in [2.45, 2.75) is 49.0 Å². The van der Waals surface area contributed by atoms with Crippen LogP contribution in [0.4, 0.5) is 11.6 Å². The van der Waals surface area contributed by atoms with Crippen LogP contribution in [0.2, 0.25) is 0 Å². The lowest BCUT2D eigenvalue weighted by atomic mass is 9.46. The zero-order chi connectivity index (χ0) is 20.2. The van der Waals surface area contributed by atoms with Crippen LogP contribution in [0, 0.1) is 27.4 Å². The number of para-hydroxylation sites is 1. The Bertz CT molecular complexity index is 976. The van der Waals surface area contributed by atoms with Crippen molar-refractivity contribution in [1.82, 2.24) is 14.8 Å². The minimum atomic E-state index is -0.557. The van der Waals surface area contributed by atoms with E-state index in [1.54, 1.807) is 16.4 Å². The van der Waals surface area contributed by atoms with E-state index in [1.165, 1.54) is 6.33 Å². The number of benzene rings is 1. The molecule has 1 aromatic carbocycles. The van der Waals surface area contributed by atoms with Crippen LogP contribution >= 0.6 is 11.8 Å². The van der Waals surface area contributed by atoms with Crippen LogP contribution in [0.5, 0.6) is 0 Å². The molecular weight excluding hydrogens is 390 g/mol. The van der Waals surface area contributed by atoms with Crippen molar-refractivity contribution < 1.29 is 9.72 Å². The second-order valence-corrected chi connectivity index (χ2v) is 9.71. The number of nitro groups is 1. The fourth-order valence-corrected chi connectivity index (χ4v) is 6.87. The fraction of sp³-hybridized carbons (Fsp3) is 0.550. The van der Waals surface area contributed by atoms with Gasteiger partial charge in [-0.05, 0) is 73.7 Å². The first-order chi connectivity index (χ1) is 13.9. The molecular formula is C20H23N5O3S. The largest absolute Gasteiger partial charge is 0.490 e. The molecule has 0 saturated heterocycles. The quantitative estimate of drug-likeness (QED) is 0.454. The number of amides is 1. The van der Waals surface area contributed by atoms with E-state index in [4.69, 9.17) is 0 Å². The zero-order valence-electron chi connectivity index (χ0n) is 16.2. The van der Waals surface area contributed by atoms with Crippen molar-refractivity contribution in [1.29, 1.82) is 0 Å². The van der Waals surface area contributed by atoms with Crippen molar-refractivity contribution >= 4 is 29.3 Å². The molecule has 0 radical (unpaired) electrons. The maximum Gasteiger partial charge on any atom is 0.490 e. The second kappa shape index (κ2) is 6.55. The summed E-state index contributed by atoms with van der Waals surface area (Å²) in [6.45, 7) is 0. The summed E-state index contributed by atoms with van der Waals surface area (Å²) in [4.78, 5) is 29.0. The van der Waals surface area contributed by atoms with Crippen LogP contribution in [0.3, 0.4) is 0 Å². The van der Waals surface area contributed by atoms with Gasteiger partial charge in [0.25, 0.3) is 0 Å². The first-order valence-corrected chi connectivity index (χ1v) is 11.2. The van der Waals surface area contributed by atoms with Crippen molar-refractivity contribution in [3.05, 3.63) is 40.7 Å². The maximum absolute atomic E-state index is 13.5. The number of nitrogens with zero attached hydrogens (tertiary/aromatic N) is 4. The smallest absolute Gasteiger partial charge is 0.390 e. The van der Waals surface area contributed by atoms with Gasteiger partial charge >= 0.3 is 5.95 Å². The second-order valence-electron chi connectivity index (χ2n) is 8.87. The van der Waals surface area contributed by atoms with Crippen molar-refractivity contribution in [2.24, 2.45) is 17.3 Å². The molecule has 4 aliphatic carbocycles. The molecule has 1 N–H and O–H groups in total. The molecule has 6 rings (SSSR count). The van der Waals surface area contributed by atoms with E-state index in [-0.39, 0.29) is 17.4 Å². The van der Waals surface area contributed by atoms with Gasteiger partial charge in [-0.2, -0.15) is 4.68 Å². The summed E-state index contributed by atoms with van der Waals surface area (Å²) in [6.07, 6.45) is 8.89. The van der Waals surface area contributed by atoms with E-state index >= 15 is 0 Å². The fourth-order valence-electron chi connectivity index (χ4n) is 6.32. The predicted octanol–water partition coefficient (Wildman–Crippen LogP) is 3.84. The van der Waals surface area contributed by atoms with Gasteiger partial charge in [-0.15, -0.1) is 11.8 Å². The van der Waals surface area contributed by atoms with Crippen LogP contribution < -0.4 is 5.32 Å². The molecule has 9 heteroatoms. The van der Waals surface area contributed by atoms with Gasteiger partial charge in [0.05, 0.1) is 16.6 Å². The summed E-state index contributed by atoms with van der Waals surface area (Å²) in [7, 11) is 0. The molecule has 0 unspecified atom stereocenters. The standard InChI is InChI=1S/C20H23N5O3S/c1-29-16-5-3-2-4-15(16)22-17(26)19-7-13-6-14(8-19)10-20(9-13,11-19)24-12-21-18(23-24)25(27)28/h2-5,12-14H,6-11H2,1H3,(H,22,26)/t13-,14-,19?,20?/m1/s1. The molecule has 0 aliphatic heterocycles. The highest BCUT2D eigenvalue weighted by Crippen LogP contribution is 2.64. The Morgan fingerprint density at radius 3 is 2.66 bits per heavy atom. The molecule has 29 heavy (non-hydrogen) atoms. The number of rotatable bonds is 5. The highest BCUT2D eigenvalue weighted by atomic mass is 32.2. The number of carbonyl (C=O) groups is 1. The highest BCUT2D eigenvalue weighted by Gasteiger charge is 2.62. The summed E-state index contributed by atoms with van der Waals surface area (Å²) >= 11 is 1.62. The number of carbonyl (C=O) groups excluding carboxylic acids is 1. The summed E-state index contributed by atoms with van der Waals surface area (Å²) in [5.41, 5.74) is 0.0593. The molecule has 2 aromatic rings.